The molecule has 0 bridgehead atoms. The average molecular weight is 470 g/mol. The lowest BCUT2D eigenvalue weighted by Gasteiger charge is -2.37. The van der Waals surface area contributed by atoms with Gasteiger partial charge < -0.3 is 15.1 Å². The van der Waals surface area contributed by atoms with E-state index in [1.165, 1.54) is 0 Å². The van der Waals surface area contributed by atoms with Gasteiger partial charge in [0.1, 0.15) is 0 Å². The summed E-state index contributed by atoms with van der Waals surface area (Å²) >= 11 is 12.5. The number of piperazine rings is 1. The fraction of sp³-hybridized carbons (Fsp3) is 0.667. The fourth-order valence-electron chi connectivity index (χ4n) is 4.15. The molecule has 164 valence electrons. The standard InChI is InChI=1S/C21H32Cl2N4O.ClH/c1-25(2)21(28)24-17-8-6-16(7-9-17)10-11-26-12-14-27(15-13-26)19-5-3-4-18(22)20(19)23;/h3-5,16-17H,6-15H2,1-2H3,(H,24,28);1H/i1D3,2D3;. The van der Waals surface area contributed by atoms with Crippen molar-refractivity contribution in [1.29, 1.82) is 0 Å². The zero-order chi connectivity index (χ0) is 25.1. The van der Waals surface area contributed by atoms with Crippen molar-refractivity contribution in [2.24, 2.45) is 5.92 Å². The number of nitrogens with zero attached hydrogens (tertiary/aromatic N) is 3. The van der Waals surface area contributed by atoms with Gasteiger partial charge in [-0.2, -0.15) is 0 Å². The summed E-state index contributed by atoms with van der Waals surface area (Å²) in [4.78, 5) is 17.1. The minimum absolute atomic E-state index is 0. The molecule has 3 rings (SSSR count). The molecule has 1 heterocycles. The number of nitrogens with one attached hydrogen (secondary N) is 1. The molecule has 1 aromatic carbocycles. The van der Waals surface area contributed by atoms with E-state index in [1.807, 2.05) is 12.1 Å². The van der Waals surface area contributed by atoms with E-state index >= 15 is 0 Å². The maximum absolute atomic E-state index is 12.4. The van der Waals surface area contributed by atoms with Gasteiger partial charge in [-0.25, -0.2) is 4.79 Å². The first-order valence-electron chi connectivity index (χ1n) is 12.9. The molecular formula is C21H33Cl3N4O. The molecule has 1 aliphatic carbocycles. The van der Waals surface area contributed by atoms with E-state index < -0.39 is 20.0 Å². The van der Waals surface area contributed by atoms with E-state index in [0.717, 1.165) is 57.7 Å². The second-order valence-corrected chi connectivity index (χ2v) is 8.48. The first kappa shape index (κ1) is 16.8. The highest BCUT2D eigenvalue weighted by Crippen LogP contribution is 2.33. The van der Waals surface area contributed by atoms with Gasteiger partial charge in [-0.3, -0.25) is 4.90 Å². The van der Waals surface area contributed by atoms with E-state index in [4.69, 9.17) is 31.4 Å². The zero-order valence-electron chi connectivity index (χ0n) is 22.4. The van der Waals surface area contributed by atoms with Gasteiger partial charge in [-0.05, 0) is 56.7 Å². The van der Waals surface area contributed by atoms with Crippen molar-refractivity contribution in [1.82, 2.24) is 15.1 Å². The molecule has 0 unspecified atom stereocenters. The van der Waals surface area contributed by atoms with Crippen molar-refractivity contribution in [3.63, 3.8) is 0 Å². The number of rotatable bonds is 5. The van der Waals surface area contributed by atoms with E-state index in [2.05, 4.69) is 15.1 Å². The van der Waals surface area contributed by atoms with Crippen molar-refractivity contribution >= 4 is 47.3 Å². The molecule has 0 aromatic heterocycles. The van der Waals surface area contributed by atoms with Crippen LogP contribution in [0.5, 0.6) is 0 Å². The van der Waals surface area contributed by atoms with Crippen molar-refractivity contribution in [3.8, 4) is 0 Å². The van der Waals surface area contributed by atoms with E-state index in [0.29, 0.717) is 28.8 Å². The summed E-state index contributed by atoms with van der Waals surface area (Å²) in [5, 5.41) is 3.78. The Bertz CT molecular complexity index is 827. The molecule has 29 heavy (non-hydrogen) atoms. The molecule has 1 saturated heterocycles. The van der Waals surface area contributed by atoms with Crippen LogP contribution >= 0.6 is 35.6 Å². The Balaban J connectivity index is 0.00000432. The maximum Gasteiger partial charge on any atom is 0.317 e. The Kier molecular flexibility index (Phi) is 6.65. The monoisotopic (exact) mass is 468 g/mol. The minimum Gasteiger partial charge on any atom is -0.368 e. The topological polar surface area (TPSA) is 38.8 Å². The second-order valence-electron chi connectivity index (χ2n) is 7.69. The van der Waals surface area contributed by atoms with E-state index in [-0.39, 0.29) is 23.3 Å². The fourth-order valence-corrected chi connectivity index (χ4v) is 4.56. The van der Waals surface area contributed by atoms with Crippen LogP contribution < -0.4 is 10.2 Å². The molecule has 1 aromatic rings. The number of amides is 2. The number of urea groups is 1. The third-order valence-electron chi connectivity index (χ3n) is 5.88. The lowest BCUT2D eigenvalue weighted by molar-refractivity contribution is 0.194. The Morgan fingerprint density at radius 2 is 1.86 bits per heavy atom. The summed E-state index contributed by atoms with van der Waals surface area (Å²) in [6, 6.07) is 4.44. The van der Waals surface area contributed by atoms with Crippen LogP contribution in [0.4, 0.5) is 10.5 Å². The number of carbonyl (C=O) groups is 1. The second kappa shape index (κ2) is 11.5. The van der Waals surface area contributed by atoms with Gasteiger partial charge in [-0.15, -0.1) is 12.4 Å². The third-order valence-corrected chi connectivity index (χ3v) is 6.68. The van der Waals surface area contributed by atoms with Gasteiger partial charge in [0.2, 0.25) is 0 Å². The number of benzene rings is 1. The number of halogens is 3. The van der Waals surface area contributed by atoms with Gasteiger partial charge in [0.25, 0.3) is 0 Å². The van der Waals surface area contributed by atoms with Crippen LogP contribution in [0.15, 0.2) is 18.2 Å². The smallest absolute Gasteiger partial charge is 0.317 e. The number of hydrogen-bond acceptors (Lipinski definition) is 3. The van der Waals surface area contributed by atoms with Crippen molar-refractivity contribution in [3.05, 3.63) is 28.2 Å². The highest BCUT2D eigenvalue weighted by molar-refractivity contribution is 6.43. The summed E-state index contributed by atoms with van der Waals surface area (Å²) in [6.45, 7) is -1.35. The highest BCUT2D eigenvalue weighted by atomic mass is 35.5. The lowest BCUT2D eigenvalue weighted by Crippen LogP contribution is -2.47. The molecule has 1 saturated carbocycles. The van der Waals surface area contributed by atoms with Gasteiger partial charge in [0, 0.05) is 54.4 Å². The normalized spacial score (nSPS) is 26.6. The molecule has 8 heteroatoms. The van der Waals surface area contributed by atoms with Crippen molar-refractivity contribution < 1.29 is 13.0 Å². The molecule has 1 aliphatic heterocycles. The number of hydrogen-bond donors (Lipinski definition) is 1. The summed E-state index contributed by atoms with van der Waals surface area (Å²) in [7, 11) is 0. The molecule has 0 radical (unpaired) electrons. The van der Waals surface area contributed by atoms with E-state index in [9.17, 15) is 4.79 Å². The molecule has 5 nitrogen and oxygen atoms in total. The molecular weight excluding hydrogens is 431 g/mol. The van der Waals surface area contributed by atoms with Gasteiger partial charge in [0.15, 0.2) is 0 Å². The van der Waals surface area contributed by atoms with Crippen LogP contribution in [-0.4, -0.2) is 68.5 Å². The van der Waals surface area contributed by atoms with Crippen LogP contribution in [-0.2, 0) is 0 Å². The Morgan fingerprint density at radius 1 is 1.17 bits per heavy atom. The summed E-state index contributed by atoms with van der Waals surface area (Å²) in [5.41, 5.74) is 0.977. The van der Waals surface area contributed by atoms with Gasteiger partial charge in [-0.1, -0.05) is 29.3 Å². The van der Waals surface area contributed by atoms with E-state index in [1.54, 1.807) is 6.07 Å². The van der Waals surface area contributed by atoms with Crippen LogP contribution in [0.3, 0.4) is 0 Å². The molecule has 2 aliphatic rings. The van der Waals surface area contributed by atoms with Crippen LogP contribution in [0.1, 0.15) is 40.3 Å². The summed E-state index contributed by atoms with van der Waals surface area (Å²) in [5.74, 6) is 0.537. The molecule has 0 atom stereocenters. The van der Waals surface area contributed by atoms with Crippen LogP contribution in [0, 0.1) is 5.92 Å². The largest absolute Gasteiger partial charge is 0.368 e. The minimum atomic E-state index is -3.02. The Morgan fingerprint density at radius 3 is 2.52 bits per heavy atom. The summed E-state index contributed by atoms with van der Waals surface area (Å²) < 4.78 is 44.3. The predicted octanol–water partition coefficient (Wildman–Crippen LogP) is 4.76. The van der Waals surface area contributed by atoms with Gasteiger partial charge >= 0.3 is 6.03 Å². The first-order chi connectivity index (χ1) is 15.9. The molecule has 2 amide bonds. The lowest BCUT2D eigenvalue weighted by atomic mass is 9.84. The highest BCUT2D eigenvalue weighted by Gasteiger charge is 2.24. The van der Waals surface area contributed by atoms with Crippen molar-refractivity contribution in [2.75, 3.05) is 51.6 Å². The average Bonchev–Trinajstić information content (AvgIpc) is 2.73. The van der Waals surface area contributed by atoms with Gasteiger partial charge in [0.05, 0.1) is 15.7 Å². The Labute approximate surface area is 199 Å². The zero-order valence-corrected chi connectivity index (χ0v) is 18.7. The SMILES string of the molecule is Cl.[2H]C([2H])([2H])N(C(=O)NC1CCC(CCN2CCN(c3cccc(Cl)c3Cl)CC2)CC1)C([2H])([2H])[2H]. The van der Waals surface area contributed by atoms with Crippen LogP contribution in [0.25, 0.3) is 0 Å². The molecule has 0 spiro atoms. The Hall–Kier alpha value is -0.880. The van der Waals surface area contributed by atoms with Crippen LogP contribution in [0.2, 0.25) is 10.0 Å². The predicted molar refractivity (Wildman–Crippen MR) is 125 cm³/mol. The molecule has 2 fully saturated rings. The number of anilines is 1. The molecule has 1 N–H and O–H groups in total. The maximum atomic E-state index is 12.4. The van der Waals surface area contributed by atoms with Crippen molar-refractivity contribution in [2.45, 2.75) is 38.1 Å². The quantitative estimate of drug-likeness (QED) is 0.676. The number of carbonyl (C=O) groups excluding carboxylic acids is 1. The first-order valence-corrected chi connectivity index (χ1v) is 10.6. The summed E-state index contributed by atoms with van der Waals surface area (Å²) in [6.07, 6.45) is 4.34. The third kappa shape index (κ3) is 6.81.